The first-order chi connectivity index (χ1) is 10.2. The van der Waals surface area contributed by atoms with E-state index in [2.05, 4.69) is 0 Å². The number of methoxy groups -OCH3 is 1. The van der Waals surface area contributed by atoms with Crippen LogP contribution in [0.25, 0.3) is 0 Å². The normalized spacial score (nSPS) is 12.8. The van der Waals surface area contributed by atoms with Crippen LogP contribution in [0.1, 0.15) is 15.9 Å². The second kappa shape index (κ2) is 5.44. The van der Waals surface area contributed by atoms with Crippen LogP contribution < -0.4 is 14.2 Å². The highest BCUT2D eigenvalue weighted by atomic mass is 19.1. The number of hydrogen-bond donors (Lipinski definition) is 0. The zero-order valence-electron chi connectivity index (χ0n) is 11.4. The molecule has 1 aliphatic rings. The molecule has 2 aromatic rings. The first-order valence-electron chi connectivity index (χ1n) is 6.43. The van der Waals surface area contributed by atoms with Gasteiger partial charge in [0.2, 0.25) is 5.78 Å². The van der Waals surface area contributed by atoms with Crippen molar-refractivity contribution in [3.8, 4) is 17.2 Å². The van der Waals surface area contributed by atoms with Crippen LogP contribution in [0.4, 0.5) is 4.39 Å². The molecule has 5 heteroatoms. The number of ketones is 1. The molecule has 2 aromatic carbocycles. The molecule has 0 N–H and O–H groups in total. The van der Waals surface area contributed by atoms with Crippen molar-refractivity contribution in [1.29, 1.82) is 0 Å². The molecule has 0 atom stereocenters. The van der Waals surface area contributed by atoms with Crippen LogP contribution in [-0.4, -0.2) is 19.5 Å². The van der Waals surface area contributed by atoms with E-state index in [0.717, 1.165) is 0 Å². The van der Waals surface area contributed by atoms with Crippen LogP contribution in [-0.2, 0) is 6.61 Å². The predicted molar refractivity (Wildman–Crippen MR) is 73.6 cm³/mol. The first-order valence-corrected chi connectivity index (χ1v) is 6.43. The minimum atomic E-state index is -0.437. The van der Waals surface area contributed by atoms with Crippen molar-refractivity contribution in [3.63, 3.8) is 0 Å². The molecule has 21 heavy (non-hydrogen) atoms. The average molecular weight is 288 g/mol. The highest BCUT2D eigenvalue weighted by Crippen LogP contribution is 2.30. The Morgan fingerprint density at radius 1 is 1.29 bits per heavy atom. The summed E-state index contributed by atoms with van der Waals surface area (Å²) in [6, 6.07) is 9.84. The van der Waals surface area contributed by atoms with E-state index in [1.165, 1.54) is 7.11 Å². The van der Waals surface area contributed by atoms with Gasteiger partial charge in [-0.3, -0.25) is 4.79 Å². The summed E-state index contributed by atoms with van der Waals surface area (Å²) in [5, 5.41) is 0. The molecule has 0 saturated carbocycles. The molecule has 3 rings (SSSR count). The minimum Gasteiger partial charge on any atom is -0.494 e. The summed E-state index contributed by atoms with van der Waals surface area (Å²) in [6.07, 6.45) is 0. The van der Waals surface area contributed by atoms with Crippen molar-refractivity contribution in [2.45, 2.75) is 6.61 Å². The van der Waals surface area contributed by atoms with Crippen molar-refractivity contribution in [2.24, 2.45) is 0 Å². The summed E-state index contributed by atoms with van der Waals surface area (Å²) in [5.74, 6) is 0.719. The van der Waals surface area contributed by atoms with E-state index < -0.39 is 5.82 Å². The molecule has 0 radical (unpaired) electrons. The molecule has 108 valence electrons. The fourth-order valence-electron chi connectivity index (χ4n) is 2.15. The molecule has 0 aromatic heterocycles. The average Bonchev–Trinajstić information content (AvgIpc) is 2.87. The largest absolute Gasteiger partial charge is 0.494 e. The molecule has 0 saturated heterocycles. The van der Waals surface area contributed by atoms with Gasteiger partial charge in [-0.1, -0.05) is 12.1 Å². The quantitative estimate of drug-likeness (QED) is 0.867. The van der Waals surface area contributed by atoms with Crippen LogP contribution in [0.5, 0.6) is 17.2 Å². The van der Waals surface area contributed by atoms with E-state index in [1.807, 2.05) is 0 Å². The number of Topliss-reactive ketones (excluding diaryl/α,β-unsaturated/α-hetero) is 1. The van der Waals surface area contributed by atoms with E-state index >= 15 is 0 Å². The number of benzene rings is 2. The number of carbonyl (C=O) groups is 1. The van der Waals surface area contributed by atoms with Crippen LogP contribution in [0.3, 0.4) is 0 Å². The number of halogens is 1. The highest BCUT2D eigenvalue weighted by Gasteiger charge is 2.21. The second-order valence-electron chi connectivity index (χ2n) is 4.59. The molecule has 0 bridgehead atoms. The van der Waals surface area contributed by atoms with E-state index in [-0.39, 0.29) is 24.7 Å². The Morgan fingerprint density at radius 3 is 2.95 bits per heavy atom. The van der Waals surface area contributed by atoms with Gasteiger partial charge < -0.3 is 14.2 Å². The van der Waals surface area contributed by atoms with E-state index in [4.69, 9.17) is 14.2 Å². The van der Waals surface area contributed by atoms with Gasteiger partial charge in [0.15, 0.2) is 18.2 Å². The highest BCUT2D eigenvalue weighted by molar-refractivity contribution is 6.02. The molecular weight excluding hydrogens is 275 g/mol. The number of ether oxygens (including phenoxy) is 3. The molecule has 1 aliphatic heterocycles. The molecule has 0 amide bonds. The third kappa shape index (κ3) is 2.54. The van der Waals surface area contributed by atoms with Crippen LogP contribution in [0.15, 0.2) is 36.4 Å². The summed E-state index contributed by atoms with van der Waals surface area (Å²) in [7, 11) is 1.41. The van der Waals surface area contributed by atoms with E-state index in [1.54, 1.807) is 36.4 Å². The smallest absolute Gasteiger partial charge is 0.203 e. The molecule has 1 heterocycles. The van der Waals surface area contributed by atoms with Gasteiger partial charge in [-0.2, -0.15) is 0 Å². The molecular formula is C16H13FO4. The van der Waals surface area contributed by atoms with Gasteiger partial charge in [0.1, 0.15) is 18.1 Å². The van der Waals surface area contributed by atoms with Crippen molar-refractivity contribution >= 4 is 5.78 Å². The SMILES string of the molecule is COc1cccc(COc2ccc3c(c2)OCC3=O)c1F. The van der Waals surface area contributed by atoms with Crippen LogP contribution in [0.2, 0.25) is 0 Å². The topological polar surface area (TPSA) is 44.8 Å². The van der Waals surface area contributed by atoms with E-state index in [0.29, 0.717) is 22.6 Å². The van der Waals surface area contributed by atoms with Gasteiger partial charge in [0.05, 0.1) is 12.7 Å². The van der Waals surface area contributed by atoms with Crippen molar-refractivity contribution < 1.29 is 23.4 Å². The Bertz CT molecular complexity index is 697. The molecule has 0 unspecified atom stereocenters. The number of hydrogen-bond acceptors (Lipinski definition) is 4. The Kier molecular flexibility index (Phi) is 3.48. The van der Waals surface area contributed by atoms with Crippen LogP contribution in [0, 0.1) is 5.82 Å². The molecule has 0 spiro atoms. The van der Waals surface area contributed by atoms with Crippen molar-refractivity contribution in [1.82, 2.24) is 0 Å². The lowest BCUT2D eigenvalue weighted by molar-refractivity contribution is 0.0961. The van der Waals surface area contributed by atoms with Gasteiger partial charge in [-0.25, -0.2) is 4.39 Å². The summed E-state index contributed by atoms with van der Waals surface area (Å²) in [4.78, 5) is 11.4. The maximum atomic E-state index is 14.0. The zero-order chi connectivity index (χ0) is 14.8. The van der Waals surface area contributed by atoms with Crippen molar-refractivity contribution in [2.75, 3.05) is 13.7 Å². The lowest BCUT2D eigenvalue weighted by Crippen LogP contribution is -2.00. The number of carbonyl (C=O) groups excluding carboxylic acids is 1. The van der Waals surface area contributed by atoms with Gasteiger partial charge >= 0.3 is 0 Å². The Balaban J connectivity index is 1.75. The standard InChI is InChI=1S/C16H13FO4/c1-19-14-4-2-3-10(16(14)17)8-20-11-5-6-12-13(18)9-21-15(12)7-11/h2-7H,8-9H2,1H3. The zero-order valence-corrected chi connectivity index (χ0v) is 11.4. The summed E-state index contributed by atoms with van der Waals surface area (Å²) in [5.41, 5.74) is 0.946. The summed E-state index contributed by atoms with van der Waals surface area (Å²) in [6.45, 7) is 0.124. The Labute approximate surface area is 121 Å². The van der Waals surface area contributed by atoms with Gasteiger partial charge in [0.25, 0.3) is 0 Å². The first kappa shape index (κ1) is 13.4. The maximum absolute atomic E-state index is 14.0. The molecule has 0 aliphatic carbocycles. The maximum Gasteiger partial charge on any atom is 0.203 e. The fraction of sp³-hybridized carbons (Fsp3) is 0.188. The predicted octanol–water partition coefficient (Wildman–Crippen LogP) is 2.99. The van der Waals surface area contributed by atoms with Crippen molar-refractivity contribution in [3.05, 3.63) is 53.3 Å². The van der Waals surface area contributed by atoms with Gasteiger partial charge in [-0.05, 0) is 18.2 Å². The van der Waals surface area contributed by atoms with Crippen LogP contribution >= 0.6 is 0 Å². The fourth-order valence-corrected chi connectivity index (χ4v) is 2.15. The third-order valence-electron chi connectivity index (χ3n) is 3.27. The minimum absolute atomic E-state index is 0.0459. The molecule has 0 fully saturated rings. The Hall–Kier alpha value is -2.56. The monoisotopic (exact) mass is 288 g/mol. The van der Waals surface area contributed by atoms with E-state index in [9.17, 15) is 9.18 Å². The lowest BCUT2D eigenvalue weighted by atomic mass is 10.1. The Morgan fingerprint density at radius 2 is 2.14 bits per heavy atom. The third-order valence-corrected chi connectivity index (χ3v) is 3.27. The van der Waals surface area contributed by atoms with Gasteiger partial charge in [0, 0.05) is 11.6 Å². The van der Waals surface area contributed by atoms with Gasteiger partial charge in [-0.15, -0.1) is 0 Å². The summed E-state index contributed by atoms with van der Waals surface area (Å²) >= 11 is 0. The lowest BCUT2D eigenvalue weighted by Gasteiger charge is -2.10. The second-order valence-corrected chi connectivity index (χ2v) is 4.59. The number of rotatable bonds is 4. The molecule has 4 nitrogen and oxygen atoms in total. The summed E-state index contributed by atoms with van der Waals surface area (Å²) < 4.78 is 29.7. The number of fused-ring (bicyclic) bond motifs is 1.